The van der Waals surface area contributed by atoms with Gasteiger partial charge in [0.25, 0.3) is 5.56 Å². The first-order valence-electron chi connectivity index (χ1n) is 8.04. The minimum absolute atomic E-state index is 0.0122. The number of amides is 1. The predicted molar refractivity (Wildman–Crippen MR) is 90.7 cm³/mol. The second kappa shape index (κ2) is 6.71. The smallest absolute Gasteiger partial charge is 0.261 e. The second-order valence-corrected chi connectivity index (χ2v) is 6.42. The molecule has 2 heterocycles. The number of hydrogen-bond donors (Lipinski definition) is 0. The Hall–Kier alpha value is -1.88. The van der Waals surface area contributed by atoms with Crippen LogP contribution in [0.5, 0.6) is 0 Å². The lowest BCUT2D eigenvalue weighted by Gasteiger charge is -2.35. The van der Waals surface area contributed by atoms with Crippen LogP contribution in [-0.2, 0) is 11.3 Å². The summed E-state index contributed by atoms with van der Waals surface area (Å²) in [4.78, 5) is 31.3. The summed E-state index contributed by atoms with van der Waals surface area (Å²) in [6.07, 6.45) is 5.64. The molecule has 0 bridgehead atoms. The Morgan fingerprint density at radius 1 is 1.39 bits per heavy atom. The number of aromatic nitrogens is 2. The summed E-state index contributed by atoms with van der Waals surface area (Å²) in [6, 6.07) is 5.30. The summed E-state index contributed by atoms with van der Waals surface area (Å²) in [6.45, 7) is 2.91. The van der Waals surface area contributed by atoms with E-state index in [-0.39, 0.29) is 24.1 Å². The van der Waals surface area contributed by atoms with Crippen molar-refractivity contribution in [2.24, 2.45) is 0 Å². The lowest BCUT2D eigenvalue weighted by atomic mass is 10.00. The van der Waals surface area contributed by atoms with Crippen molar-refractivity contribution in [2.45, 2.75) is 45.2 Å². The molecular formula is C17H20ClN3O2. The molecule has 23 heavy (non-hydrogen) atoms. The topological polar surface area (TPSA) is 55.2 Å². The van der Waals surface area contributed by atoms with Gasteiger partial charge < -0.3 is 4.90 Å². The van der Waals surface area contributed by atoms with Crippen molar-refractivity contribution in [2.75, 3.05) is 6.54 Å². The number of piperidine rings is 1. The summed E-state index contributed by atoms with van der Waals surface area (Å²) in [5.74, 6) is -0.0122. The molecule has 1 fully saturated rings. The van der Waals surface area contributed by atoms with E-state index in [0.29, 0.717) is 15.9 Å². The maximum absolute atomic E-state index is 12.6. The van der Waals surface area contributed by atoms with E-state index < -0.39 is 0 Å². The Kier molecular flexibility index (Phi) is 4.66. The Balaban J connectivity index is 1.87. The summed E-state index contributed by atoms with van der Waals surface area (Å²) >= 11 is 5.96. The standard InChI is InChI=1S/C17H20ClN3O2/c1-2-13-5-3-4-8-21(13)16(22)10-20-11-19-15-7-6-12(18)9-14(15)17(20)23/h6-7,9,11,13H,2-5,8,10H2,1H3/t13-/m1/s1. The highest BCUT2D eigenvalue weighted by molar-refractivity contribution is 6.31. The summed E-state index contributed by atoms with van der Waals surface area (Å²) in [7, 11) is 0. The number of nitrogens with zero attached hydrogens (tertiary/aromatic N) is 3. The Labute approximate surface area is 139 Å². The molecule has 1 aliphatic heterocycles. The molecule has 3 rings (SSSR count). The summed E-state index contributed by atoms with van der Waals surface area (Å²) in [5.41, 5.74) is 0.364. The fraction of sp³-hybridized carbons (Fsp3) is 0.471. The lowest BCUT2D eigenvalue weighted by molar-refractivity contribution is -0.135. The average molecular weight is 334 g/mol. The van der Waals surface area contributed by atoms with Gasteiger partial charge in [0.2, 0.25) is 5.91 Å². The summed E-state index contributed by atoms with van der Waals surface area (Å²) in [5, 5.41) is 0.932. The van der Waals surface area contributed by atoms with Gasteiger partial charge in [-0.3, -0.25) is 14.2 Å². The van der Waals surface area contributed by atoms with Crippen molar-refractivity contribution in [1.29, 1.82) is 0 Å². The van der Waals surface area contributed by atoms with Crippen LogP contribution in [0.25, 0.3) is 10.9 Å². The molecule has 0 radical (unpaired) electrons. The molecule has 0 unspecified atom stereocenters. The number of halogens is 1. The number of benzene rings is 1. The van der Waals surface area contributed by atoms with E-state index in [2.05, 4.69) is 11.9 Å². The average Bonchev–Trinajstić information content (AvgIpc) is 2.57. The minimum Gasteiger partial charge on any atom is -0.338 e. The molecule has 1 amide bonds. The molecule has 1 aliphatic rings. The first-order valence-corrected chi connectivity index (χ1v) is 8.42. The number of carbonyl (C=O) groups excluding carboxylic acids is 1. The predicted octanol–water partition coefficient (Wildman–Crippen LogP) is 2.84. The van der Waals surface area contributed by atoms with Gasteiger partial charge in [0.1, 0.15) is 6.54 Å². The third-order valence-corrected chi connectivity index (χ3v) is 4.75. The molecule has 0 spiro atoms. The third-order valence-electron chi connectivity index (χ3n) is 4.51. The second-order valence-electron chi connectivity index (χ2n) is 5.98. The van der Waals surface area contributed by atoms with Gasteiger partial charge in [0.05, 0.1) is 17.2 Å². The molecule has 0 saturated carbocycles. The van der Waals surface area contributed by atoms with Gasteiger partial charge in [0, 0.05) is 17.6 Å². The van der Waals surface area contributed by atoms with Crippen LogP contribution in [0.4, 0.5) is 0 Å². The van der Waals surface area contributed by atoms with E-state index in [9.17, 15) is 9.59 Å². The van der Waals surface area contributed by atoms with Crippen LogP contribution in [0.1, 0.15) is 32.6 Å². The van der Waals surface area contributed by atoms with Crippen molar-refractivity contribution in [3.05, 3.63) is 39.9 Å². The largest absolute Gasteiger partial charge is 0.338 e. The van der Waals surface area contributed by atoms with Crippen molar-refractivity contribution in [3.63, 3.8) is 0 Å². The van der Waals surface area contributed by atoms with E-state index in [4.69, 9.17) is 11.6 Å². The van der Waals surface area contributed by atoms with Crippen molar-refractivity contribution < 1.29 is 4.79 Å². The van der Waals surface area contributed by atoms with Gasteiger partial charge in [-0.05, 0) is 43.9 Å². The Morgan fingerprint density at radius 3 is 3.00 bits per heavy atom. The number of carbonyl (C=O) groups is 1. The Bertz CT molecular complexity index is 787. The van der Waals surface area contributed by atoms with Gasteiger partial charge in [0.15, 0.2) is 0 Å². The Morgan fingerprint density at radius 2 is 2.22 bits per heavy atom. The quantitative estimate of drug-likeness (QED) is 0.868. The molecule has 1 aromatic carbocycles. The van der Waals surface area contributed by atoms with E-state index in [1.807, 2.05) is 4.90 Å². The van der Waals surface area contributed by atoms with Crippen LogP contribution in [0.15, 0.2) is 29.3 Å². The molecule has 5 nitrogen and oxygen atoms in total. The SMILES string of the molecule is CC[C@@H]1CCCCN1C(=O)Cn1cnc2ccc(Cl)cc2c1=O. The molecule has 1 aromatic heterocycles. The van der Waals surface area contributed by atoms with E-state index in [1.165, 1.54) is 10.9 Å². The number of fused-ring (bicyclic) bond motifs is 1. The van der Waals surface area contributed by atoms with Crippen LogP contribution >= 0.6 is 11.6 Å². The van der Waals surface area contributed by atoms with Crippen LogP contribution in [0, 0.1) is 0 Å². The van der Waals surface area contributed by atoms with Gasteiger partial charge in [-0.1, -0.05) is 18.5 Å². The molecule has 1 saturated heterocycles. The molecule has 1 atom stereocenters. The highest BCUT2D eigenvalue weighted by Gasteiger charge is 2.25. The van der Waals surface area contributed by atoms with E-state index in [1.54, 1.807) is 18.2 Å². The fourth-order valence-corrected chi connectivity index (χ4v) is 3.41. The van der Waals surface area contributed by atoms with Crippen molar-refractivity contribution in [3.8, 4) is 0 Å². The van der Waals surface area contributed by atoms with Crippen molar-refractivity contribution >= 4 is 28.4 Å². The summed E-state index contributed by atoms with van der Waals surface area (Å²) < 4.78 is 1.38. The van der Waals surface area contributed by atoms with Gasteiger partial charge in [-0.25, -0.2) is 4.98 Å². The number of likely N-dealkylation sites (tertiary alicyclic amines) is 1. The highest BCUT2D eigenvalue weighted by atomic mass is 35.5. The molecule has 0 N–H and O–H groups in total. The van der Waals surface area contributed by atoms with Gasteiger partial charge in [-0.2, -0.15) is 0 Å². The molecule has 122 valence electrons. The fourth-order valence-electron chi connectivity index (χ4n) is 3.23. The van der Waals surface area contributed by atoms with Crippen LogP contribution < -0.4 is 5.56 Å². The zero-order valence-electron chi connectivity index (χ0n) is 13.2. The van der Waals surface area contributed by atoms with Crippen LogP contribution in [0.3, 0.4) is 0 Å². The minimum atomic E-state index is -0.226. The van der Waals surface area contributed by atoms with Gasteiger partial charge >= 0.3 is 0 Å². The van der Waals surface area contributed by atoms with Crippen LogP contribution in [-0.4, -0.2) is 32.9 Å². The molecule has 0 aliphatic carbocycles. The molecular weight excluding hydrogens is 314 g/mol. The first kappa shape index (κ1) is 16.0. The van der Waals surface area contributed by atoms with Crippen LogP contribution in [0.2, 0.25) is 5.02 Å². The van der Waals surface area contributed by atoms with E-state index in [0.717, 1.165) is 32.2 Å². The maximum Gasteiger partial charge on any atom is 0.261 e. The maximum atomic E-state index is 12.6. The molecule has 2 aromatic rings. The monoisotopic (exact) mass is 333 g/mol. The zero-order chi connectivity index (χ0) is 16.4. The molecule has 6 heteroatoms. The van der Waals surface area contributed by atoms with Crippen molar-refractivity contribution in [1.82, 2.24) is 14.5 Å². The lowest BCUT2D eigenvalue weighted by Crippen LogP contribution is -2.45. The number of rotatable bonds is 3. The third kappa shape index (κ3) is 3.24. The number of hydrogen-bond acceptors (Lipinski definition) is 3. The zero-order valence-corrected chi connectivity index (χ0v) is 13.9. The highest BCUT2D eigenvalue weighted by Crippen LogP contribution is 2.20. The first-order chi connectivity index (χ1) is 11.1. The normalized spacial score (nSPS) is 18.3. The van der Waals surface area contributed by atoms with Gasteiger partial charge in [-0.15, -0.1) is 0 Å². The van der Waals surface area contributed by atoms with E-state index >= 15 is 0 Å².